The van der Waals surface area contributed by atoms with Crippen molar-refractivity contribution in [1.29, 1.82) is 0 Å². The van der Waals surface area contributed by atoms with Gasteiger partial charge in [0, 0.05) is 19.6 Å². The van der Waals surface area contributed by atoms with Crippen LogP contribution in [0.25, 0.3) is 0 Å². The van der Waals surface area contributed by atoms with Crippen molar-refractivity contribution in [1.82, 2.24) is 4.90 Å². The lowest BCUT2D eigenvalue weighted by molar-refractivity contribution is 0.0358. The first-order chi connectivity index (χ1) is 10.4. The Morgan fingerprint density at radius 1 is 0.955 bits per heavy atom. The number of hydrogen-bond donors (Lipinski definition) is 0. The predicted molar refractivity (Wildman–Crippen MR) is 90.9 cm³/mol. The molecule has 22 heavy (non-hydrogen) atoms. The minimum absolute atomic E-state index is 0. The molecule has 126 valence electrons. The van der Waals surface area contributed by atoms with Crippen LogP contribution >= 0.6 is 0 Å². The van der Waals surface area contributed by atoms with E-state index in [0.717, 1.165) is 76.8 Å². The van der Waals surface area contributed by atoms with E-state index < -0.39 is 0 Å². The minimum Gasteiger partial charge on any atom is -0.494 e. The average molecular weight is 309 g/mol. The van der Waals surface area contributed by atoms with Gasteiger partial charge in [0.25, 0.3) is 0 Å². The minimum atomic E-state index is 0. The number of nitrogens with zero attached hydrogens (tertiary/aromatic N) is 1. The zero-order valence-corrected chi connectivity index (χ0v) is 13.1. The van der Waals surface area contributed by atoms with Gasteiger partial charge in [-0.05, 0) is 37.1 Å². The molecule has 0 unspecified atom stereocenters. The number of morpholine rings is 1. The molecule has 1 saturated heterocycles. The Hall–Kier alpha value is -1.26. The van der Waals surface area contributed by atoms with Crippen LogP contribution in [-0.4, -0.2) is 51.0 Å². The fraction of sp³-hybridized carbons (Fsp3) is 0.667. The van der Waals surface area contributed by atoms with Crippen molar-refractivity contribution in [2.24, 2.45) is 0 Å². The Labute approximate surface area is 135 Å². The van der Waals surface area contributed by atoms with Crippen LogP contribution in [-0.2, 0) is 4.74 Å². The molecule has 1 aliphatic rings. The fourth-order valence-electron chi connectivity index (χ4n) is 2.27. The van der Waals surface area contributed by atoms with Gasteiger partial charge in [0.1, 0.15) is 11.5 Å². The molecule has 0 saturated carbocycles. The van der Waals surface area contributed by atoms with Crippen LogP contribution in [0.15, 0.2) is 24.3 Å². The predicted octanol–water partition coefficient (Wildman–Crippen LogP) is 3.60. The molecule has 0 bridgehead atoms. The number of hydrogen-bond acceptors (Lipinski definition) is 4. The van der Waals surface area contributed by atoms with Crippen molar-refractivity contribution < 1.29 is 14.2 Å². The van der Waals surface area contributed by atoms with Crippen LogP contribution in [0.3, 0.4) is 0 Å². The molecule has 0 radical (unpaired) electrons. The smallest absolute Gasteiger partial charge is 0.119 e. The SMILES string of the molecule is C.CCCCOc1ccc(OCCCN2CCOCC2)cc1. The summed E-state index contributed by atoms with van der Waals surface area (Å²) in [7, 11) is 0. The molecular formula is C18H31NO3. The Morgan fingerprint density at radius 2 is 1.50 bits per heavy atom. The second-order valence-electron chi connectivity index (χ2n) is 5.33. The normalized spacial score (nSPS) is 15.1. The van der Waals surface area contributed by atoms with E-state index in [9.17, 15) is 0 Å². The monoisotopic (exact) mass is 309 g/mol. The maximum atomic E-state index is 5.76. The van der Waals surface area contributed by atoms with E-state index in [1.54, 1.807) is 0 Å². The Kier molecular flexibility index (Phi) is 9.67. The van der Waals surface area contributed by atoms with E-state index >= 15 is 0 Å². The van der Waals surface area contributed by atoms with Gasteiger partial charge >= 0.3 is 0 Å². The molecule has 1 heterocycles. The Bertz CT molecular complexity index is 374. The molecule has 0 amide bonds. The van der Waals surface area contributed by atoms with Crippen molar-refractivity contribution >= 4 is 0 Å². The molecule has 2 rings (SSSR count). The summed E-state index contributed by atoms with van der Waals surface area (Å²) in [6.45, 7) is 8.61. The van der Waals surface area contributed by atoms with Gasteiger partial charge in [-0.25, -0.2) is 0 Å². The molecule has 0 spiro atoms. The summed E-state index contributed by atoms with van der Waals surface area (Å²) < 4.78 is 16.7. The van der Waals surface area contributed by atoms with Gasteiger partial charge in [0.15, 0.2) is 0 Å². The molecule has 0 aliphatic carbocycles. The standard InChI is InChI=1S/C17H27NO3.CH4/c1-2-3-12-20-16-5-7-17(8-6-16)21-13-4-9-18-10-14-19-15-11-18;/h5-8H,2-4,9-15H2,1H3;1H4. The van der Waals surface area contributed by atoms with Crippen molar-refractivity contribution in [2.45, 2.75) is 33.6 Å². The number of unbranched alkanes of at least 4 members (excludes halogenated alkanes) is 1. The molecule has 1 aromatic rings. The van der Waals surface area contributed by atoms with E-state index in [2.05, 4.69) is 11.8 Å². The van der Waals surface area contributed by atoms with E-state index in [1.165, 1.54) is 0 Å². The summed E-state index contributed by atoms with van der Waals surface area (Å²) in [6.07, 6.45) is 3.30. The first kappa shape index (κ1) is 18.8. The second kappa shape index (κ2) is 11.3. The van der Waals surface area contributed by atoms with Crippen LogP contribution in [0.5, 0.6) is 11.5 Å². The van der Waals surface area contributed by atoms with E-state index in [1.807, 2.05) is 24.3 Å². The van der Waals surface area contributed by atoms with Gasteiger partial charge in [-0.2, -0.15) is 0 Å². The van der Waals surface area contributed by atoms with Crippen molar-refractivity contribution in [3.05, 3.63) is 24.3 Å². The van der Waals surface area contributed by atoms with E-state index in [-0.39, 0.29) is 7.43 Å². The van der Waals surface area contributed by atoms with Gasteiger partial charge in [-0.1, -0.05) is 20.8 Å². The summed E-state index contributed by atoms with van der Waals surface area (Å²) >= 11 is 0. The molecule has 1 aromatic carbocycles. The lowest BCUT2D eigenvalue weighted by Crippen LogP contribution is -2.37. The van der Waals surface area contributed by atoms with Crippen LogP contribution in [0.2, 0.25) is 0 Å². The Morgan fingerprint density at radius 3 is 2.05 bits per heavy atom. The summed E-state index contributed by atoms with van der Waals surface area (Å²) in [6, 6.07) is 7.92. The Balaban J connectivity index is 0.00000242. The highest BCUT2D eigenvalue weighted by molar-refractivity contribution is 5.31. The molecule has 4 nitrogen and oxygen atoms in total. The number of rotatable bonds is 9. The fourth-order valence-corrected chi connectivity index (χ4v) is 2.27. The summed E-state index contributed by atoms with van der Waals surface area (Å²) in [5.41, 5.74) is 0. The third kappa shape index (κ3) is 7.14. The summed E-state index contributed by atoms with van der Waals surface area (Å²) in [5.74, 6) is 1.84. The molecule has 0 aromatic heterocycles. The zero-order valence-electron chi connectivity index (χ0n) is 13.1. The highest BCUT2D eigenvalue weighted by atomic mass is 16.5. The van der Waals surface area contributed by atoms with E-state index in [4.69, 9.17) is 14.2 Å². The van der Waals surface area contributed by atoms with E-state index in [0.29, 0.717) is 0 Å². The van der Waals surface area contributed by atoms with Crippen molar-refractivity contribution in [3.8, 4) is 11.5 Å². The highest BCUT2D eigenvalue weighted by Gasteiger charge is 2.09. The van der Waals surface area contributed by atoms with Gasteiger partial charge in [-0.3, -0.25) is 4.90 Å². The molecule has 1 aliphatic heterocycles. The first-order valence-corrected chi connectivity index (χ1v) is 8.04. The van der Waals surface area contributed by atoms with Crippen molar-refractivity contribution in [3.63, 3.8) is 0 Å². The largest absolute Gasteiger partial charge is 0.494 e. The third-order valence-corrected chi connectivity index (χ3v) is 3.58. The quantitative estimate of drug-likeness (QED) is 0.652. The van der Waals surface area contributed by atoms with Gasteiger partial charge in [-0.15, -0.1) is 0 Å². The average Bonchev–Trinajstić information content (AvgIpc) is 2.54. The maximum absolute atomic E-state index is 5.76. The molecule has 0 N–H and O–H groups in total. The lowest BCUT2D eigenvalue weighted by atomic mass is 10.3. The summed E-state index contributed by atoms with van der Waals surface area (Å²) in [5, 5.41) is 0. The lowest BCUT2D eigenvalue weighted by Gasteiger charge is -2.26. The molecule has 0 atom stereocenters. The van der Waals surface area contributed by atoms with Crippen LogP contribution in [0, 0.1) is 0 Å². The third-order valence-electron chi connectivity index (χ3n) is 3.58. The molecular weight excluding hydrogens is 278 g/mol. The highest BCUT2D eigenvalue weighted by Crippen LogP contribution is 2.18. The van der Waals surface area contributed by atoms with Crippen molar-refractivity contribution in [2.75, 3.05) is 46.1 Å². The zero-order chi connectivity index (χ0) is 14.8. The summed E-state index contributed by atoms with van der Waals surface area (Å²) in [4.78, 5) is 2.43. The molecule has 1 fully saturated rings. The first-order valence-electron chi connectivity index (χ1n) is 8.04. The van der Waals surface area contributed by atoms with Gasteiger partial charge < -0.3 is 14.2 Å². The number of benzene rings is 1. The van der Waals surface area contributed by atoms with Crippen LogP contribution in [0.1, 0.15) is 33.6 Å². The van der Waals surface area contributed by atoms with Crippen LogP contribution < -0.4 is 9.47 Å². The second-order valence-corrected chi connectivity index (χ2v) is 5.33. The van der Waals surface area contributed by atoms with Crippen LogP contribution in [0.4, 0.5) is 0 Å². The number of ether oxygens (including phenoxy) is 3. The topological polar surface area (TPSA) is 30.9 Å². The van der Waals surface area contributed by atoms with Gasteiger partial charge in [0.2, 0.25) is 0 Å². The molecule has 4 heteroatoms. The maximum Gasteiger partial charge on any atom is 0.119 e. The van der Waals surface area contributed by atoms with Gasteiger partial charge in [0.05, 0.1) is 26.4 Å².